The Balaban J connectivity index is 2.32. The third-order valence-electron chi connectivity index (χ3n) is 3.00. The van der Waals surface area contributed by atoms with E-state index in [0.717, 1.165) is 22.9 Å². The molecule has 118 valence electrons. The number of hydrogen-bond donors (Lipinski definition) is 1. The first-order valence-corrected chi connectivity index (χ1v) is 7.53. The van der Waals surface area contributed by atoms with Gasteiger partial charge in [-0.3, -0.25) is 4.79 Å². The standard InChI is InChI=1S/C16H17F2NO2S/c1-10-7-13(11-5-4-6-12(8-11)21-3)14(22-10)15(20)19-9-16(2,17)18/h4-8H,9H2,1-3H3,(H,19,20). The number of hydrogen-bond acceptors (Lipinski definition) is 3. The Morgan fingerprint density at radius 3 is 2.73 bits per heavy atom. The number of aryl methyl sites for hydroxylation is 1. The summed E-state index contributed by atoms with van der Waals surface area (Å²) in [6.45, 7) is 1.97. The molecule has 0 fully saturated rings. The molecule has 1 N–H and O–H groups in total. The zero-order valence-electron chi connectivity index (χ0n) is 12.6. The molecule has 0 saturated carbocycles. The molecule has 0 saturated heterocycles. The fraction of sp³-hybridized carbons (Fsp3) is 0.312. The van der Waals surface area contributed by atoms with Crippen molar-refractivity contribution >= 4 is 17.2 Å². The average Bonchev–Trinajstić information content (AvgIpc) is 2.86. The summed E-state index contributed by atoms with van der Waals surface area (Å²) in [6.07, 6.45) is 0. The molecule has 1 amide bonds. The Labute approximate surface area is 131 Å². The van der Waals surface area contributed by atoms with Gasteiger partial charge in [-0.2, -0.15) is 0 Å². The van der Waals surface area contributed by atoms with Crippen LogP contribution >= 0.6 is 11.3 Å². The number of nitrogens with one attached hydrogen (secondary N) is 1. The summed E-state index contributed by atoms with van der Waals surface area (Å²) in [7, 11) is 1.56. The van der Waals surface area contributed by atoms with Gasteiger partial charge in [0.25, 0.3) is 11.8 Å². The van der Waals surface area contributed by atoms with Crippen LogP contribution < -0.4 is 10.1 Å². The molecule has 1 heterocycles. The maximum atomic E-state index is 12.9. The van der Waals surface area contributed by atoms with Crippen LogP contribution in [-0.2, 0) is 0 Å². The van der Waals surface area contributed by atoms with Gasteiger partial charge in [0, 0.05) is 17.4 Å². The third-order valence-corrected chi connectivity index (χ3v) is 4.05. The van der Waals surface area contributed by atoms with Crippen LogP contribution in [0.2, 0.25) is 0 Å². The second-order valence-electron chi connectivity index (χ2n) is 5.08. The summed E-state index contributed by atoms with van der Waals surface area (Å²) in [4.78, 5) is 13.6. The maximum Gasteiger partial charge on any atom is 0.262 e. The number of amides is 1. The highest BCUT2D eigenvalue weighted by Crippen LogP contribution is 2.33. The molecule has 0 atom stereocenters. The highest BCUT2D eigenvalue weighted by atomic mass is 32.1. The topological polar surface area (TPSA) is 38.3 Å². The molecule has 2 rings (SSSR count). The van der Waals surface area contributed by atoms with Crippen LogP contribution in [0.4, 0.5) is 8.78 Å². The normalized spacial score (nSPS) is 11.3. The quantitative estimate of drug-likeness (QED) is 0.898. The molecule has 22 heavy (non-hydrogen) atoms. The predicted octanol–water partition coefficient (Wildman–Crippen LogP) is 4.12. The number of methoxy groups -OCH3 is 1. The summed E-state index contributed by atoms with van der Waals surface area (Å²) in [5.74, 6) is -2.75. The Hall–Kier alpha value is -1.95. The van der Waals surface area contributed by atoms with E-state index in [2.05, 4.69) is 5.32 Å². The van der Waals surface area contributed by atoms with Crippen LogP contribution in [0.3, 0.4) is 0 Å². The van der Waals surface area contributed by atoms with Crippen LogP contribution in [-0.4, -0.2) is 25.5 Å². The van der Waals surface area contributed by atoms with Crippen LogP contribution in [0.1, 0.15) is 21.5 Å². The van der Waals surface area contributed by atoms with Gasteiger partial charge in [0.15, 0.2) is 0 Å². The molecule has 0 radical (unpaired) electrons. The molecule has 0 aliphatic heterocycles. The zero-order chi connectivity index (χ0) is 16.3. The van der Waals surface area contributed by atoms with Gasteiger partial charge in [0.1, 0.15) is 5.75 Å². The van der Waals surface area contributed by atoms with E-state index in [1.807, 2.05) is 31.2 Å². The number of ether oxygens (including phenoxy) is 1. The van der Waals surface area contributed by atoms with Gasteiger partial charge in [0.2, 0.25) is 0 Å². The minimum absolute atomic E-state index is 0.426. The molecule has 0 aliphatic rings. The van der Waals surface area contributed by atoms with Crippen molar-refractivity contribution < 1.29 is 18.3 Å². The molecule has 0 aliphatic carbocycles. The Morgan fingerprint density at radius 1 is 1.36 bits per heavy atom. The highest BCUT2D eigenvalue weighted by molar-refractivity contribution is 7.14. The second kappa shape index (κ2) is 6.44. The minimum Gasteiger partial charge on any atom is -0.497 e. The van der Waals surface area contributed by atoms with E-state index in [4.69, 9.17) is 4.74 Å². The summed E-state index contributed by atoms with van der Waals surface area (Å²) in [5, 5.41) is 2.28. The summed E-state index contributed by atoms with van der Waals surface area (Å²) in [6, 6.07) is 9.17. The minimum atomic E-state index is -2.93. The smallest absolute Gasteiger partial charge is 0.262 e. The fourth-order valence-corrected chi connectivity index (χ4v) is 2.95. The largest absolute Gasteiger partial charge is 0.497 e. The van der Waals surface area contributed by atoms with Crippen molar-refractivity contribution in [2.45, 2.75) is 19.8 Å². The van der Waals surface area contributed by atoms with Crippen molar-refractivity contribution in [1.29, 1.82) is 0 Å². The first kappa shape index (κ1) is 16.4. The number of carbonyl (C=O) groups excluding carboxylic acids is 1. The van der Waals surface area contributed by atoms with Crippen LogP contribution in [0.5, 0.6) is 5.75 Å². The highest BCUT2D eigenvalue weighted by Gasteiger charge is 2.24. The monoisotopic (exact) mass is 325 g/mol. The van der Waals surface area contributed by atoms with Crippen molar-refractivity contribution in [2.75, 3.05) is 13.7 Å². The Bertz CT molecular complexity index is 677. The molecule has 6 heteroatoms. The van der Waals surface area contributed by atoms with E-state index in [0.29, 0.717) is 10.6 Å². The fourth-order valence-electron chi connectivity index (χ4n) is 2.00. The molecule has 2 aromatic rings. The van der Waals surface area contributed by atoms with E-state index in [1.165, 1.54) is 11.3 Å². The van der Waals surface area contributed by atoms with Gasteiger partial charge in [-0.15, -0.1) is 11.3 Å². The third kappa shape index (κ3) is 4.04. The van der Waals surface area contributed by atoms with Crippen molar-refractivity contribution in [2.24, 2.45) is 0 Å². The van der Waals surface area contributed by atoms with Crippen LogP contribution in [0, 0.1) is 6.92 Å². The Kier molecular flexibility index (Phi) is 4.81. The van der Waals surface area contributed by atoms with Gasteiger partial charge in [-0.05, 0) is 30.7 Å². The first-order valence-electron chi connectivity index (χ1n) is 6.71. The van der Waals surface area contributed by atoms with Gasteiger partial charge < -0.3 is 10.1 Å². The van der Waals surface area contributed by atoms with E-state index < -0.39 is 18.4 Å². The zero-order valence-corrected chi connectivity index (χ0v) is 13.4. The lowest BCUT2D eigenvalue weighted by Gasteiger charge is -2.11. The lowest BCUT2D eigenvalue weighted by molar-refractivity contribution is 0.0221. The molecular formula is C16H17F2NO2S. The van der Waals surface area contributed by atoms with Crippen molar-refractivity contribution in [3.63, 3.8) is 0 Å². The van der Waals surface area contributed by atoms with Gasteiger partial charge >= 0.3 is 0 Å². The molecular weight excluding hydrogens is 308 g/mol. The molecule has 3 nitrogen and oxygen atoms in total. The number of halogens is 2. The molecule has 0 bridgehead atoms. The first-order chi connectivity index (χ1) is 10.3. The number of thiophene rings is 1. The lowest BCUT2D eigenvalue weighted by atomic mass is 10.1. The summed E-state index contributed by atoms with van der Waals surface area (Å²) in [5.41, 5.74) is 1.54. The summed E-state index contributed by atoms with van der Waals surface area (Å²) >= 11 is 1.28. The maximum absolute atomic E-state index is 12.9. The molecule has 0 unspecified atom stereocenters. The number of rotatable bonds is 5. The Morgan fingerprint density at radius 2 is 2.09 bits per heavy atom. The van der Waals surface area contributed by atoms with E-state index in [-0.39, 0.29) is 0 Å². The van der Waals surface area contributed by atoms with Crippen molar-refractivity contribution in [3.8, 4) is 16.9 Å². The lowest BCUT2D eigenvalue weighted by Crippen LogP contribution is -2.34. The van der Waals surface area contributed by atoms with E-state index >= 15 is 0 Å². The number of carbonyl (C=O) groups is 1. The van der Waals surface area contributed by atoms with Gasteiger partial charge in [0.05, 0.1) is 18.5 Å². The number of alkyl halides is 2. The van der Waals surface area contributed by atoms with Crippen molar-refractivity contribution in [1.82, 2.24) is 5.32 Å². The van der Waals surface area contributed by atoms with Gasteiger partial charge in [-0.1, -0.05) is 12.1 Å². The summed E-state index contributed by atoms with van der Waals surface area (Å²) < 4.78 is 31.0. The van der Waals surface area contributed by atoms with E-state index in [1.54, 1.807) is 13.2 Å². The average molecular weight is 325 g/mol. The molecule has 0 spiro atoms. The van der Waals surface area contributed by atoms with Gasteiger partial charge in [-0.25, -0.2) is 8.78 Å². The van der Waals surface area contributed by atoms with E-state index in [9.17, 15) is 13.6 Å². The molecule has 1 aromatic carbocycles. The number of benzene rings is 1. The van der Waals surface area contributed by atoms with Crippen LogP contribution in [0.15, 0.2) is 30.3 Å². The molecule has 1 aromatic heterocycles. The predicted molar refractivity (Wildman–Crippen MR) is 84.0 cm³/mol. The second-order valence-corrected chi connectivity index (χ2v) is 6.34. The SMILES string of the molecule is COc1cccc(-c2cc(C)sc2C(=O)NCC(C)(F)F)c1. The van der Waals surface area contributed by atoms with Crippen molar-refractivity contribution in [3.05, 3.63) is 40.1 Å². The van der Waals surface area contributed by atoms with Crippen LogP contribution in [0.25, 0.3) is 11.1 Å².